The molecule has 2 aromatic rings. The number of thiocarbonyl (C=S) groups is 1. The number of benzene rings is 1. The second-order valence-corrected chi connectivity index (χ2v) is 5.63. The number of hydrogen-bond acceptors (Lipinski definition) is 3. The van der Waals surface area contributed by atoms with E-state index in [1.807, 2.05) is 14.1 Å². The van der Waals surface area contributed by atoms with E-state index >= 15 is 0 Å². The van der Waals surface area contributed by atoms with Crippen LogP contribution >= 0.6 is 12.2 Å². The predicted octanol–water partition coefficient (Wildman–Crippen LogP) is 2.47. The summed E-state index contributed by atoms with van der Waals surface area (Å²) in [5.74, 6) is 0.618. The molecule has 0 radical (unpaired) electrons. The van der Waals surface area contributed by atoms with Crippen LogP contribution in [0.15, 0.2) is 18.2 Å². The molecule has 0 amide bonds. The lowest BCUT2D eigenvalue weighted by atomic mass is 10.2. The number of imidazole rings is 1. The number of hydrogen-bond donors (Lipinski definition) is 1. The minimum atomic E-state index is -0.277. The van der Waals surface area contributed by atoms with Gasteiger partial charge in [0.25, 0.3) is 0 Å². The van der Waals surface area contributed by atoms with E-state index in [2.05, 4.69) is 21.4 Å². The van der Waals surface area contributed by atoms with Gasteiger partial charge in [0.1, 0.15) is 11.6 Å². The molecule has 2 rings (SSSR count). The normalized spacial score (nSPS) is 13.1. The molecule has 0 aliphatic heterocycles. The zero-order valence-corrected chi connectivity index (χ0v) is 12.7. The Bertz CT molecular complexity index is 635. The second kappa shape index (κ2) is 5.85. The third-order valence-corrected chi connectivity index (χ3v) is 3.67. The first-order valence-corrected chi connectivity index (χ1v) is 6.91. The summed E-state index contributed by atoms with van der Waals surface area (Å²) in [5, 5.41) is 0. The van der Waals surface area contributed by atoms with Gasteiger partial charge in [-0.1, -0.05) is 12.2 Å². The lowest BCUT2D eigenvalue weighted by molar-refractivity contribution is 0.302. The molecule has 0 aliphatic rings. The monoisotopic (exact) mass is 294 g/mol. The molecule has 0 saturated heterocycles. The quantitative estimate of drug-likeness (QED) is 0.861. The van der Waals surface area contributed by atoms with Crippen molar-refractivity contribution in [3.8, 4) is 0 Å². The summed E-state index contributed by atoms with van der Waals surface area (Å²) in [4.78, 5) is 7.10. The first kappa shape index (κ1) is 14.9. The minimum Gasteiger partial charge on any atom is -0.393 e. The number of aryl methyl sites for hydroxylation is 1. The van der Waals surface area contributed by atoms with Crippen LogP contribution in [0.25, 0.3) is 11.0 Å². The Morgan fingerprint density at radius 2 is 2.20 bits per heavy atom. The molecule has 0 bridgehead atoms. The maximum atomic E-state index is 13.4. The second-order valence-electron chi connectivity index (χ2n) is 5.11. The topological polar surface area (TPSA) is 47.1 Å². The molecule has 1 aromatic carbocycles. The van der Waals surface area contributed by atoms with E-state index in [0.717, 1.165) is 11.3 Å². The van der Waals surface area contributed by atoms with Gasteiger partial charge >= 0.3 is 0 Å². The number of fused-ring (bicyclic) bond motifs is 1. The lowest BCUT2D eigenvalue weighted by Crippen LogP contribution is -2.22. The maximum Gasteiger partial charge on any atom is 0.127 e. The van der Waals surface area contributed by atoms with E-state index in [1.165, 1.54) is 12.1 Å². The first-order valence-electron chi connectivity index (χ1n) is 6.50. The molecule has 20 heavy (non-hydrogen) atoms. The van der Waals surface area contributed by atoms with E-state index in [0.29, 0.717) is 23.5 Å². The number of aromatic nitrogens is 2. The van der Waals surface area contributed by atoms with Gasteiger partial charge in [-0.15, -0.1) is 0 Å². The molecule has 4 nitrogen and oxygen atoms in total. The molecule has 108 valence electrons. The number of nitrogens with two attached hydrogens (primary N) is 1. The van der Waals surface area contributed by atoms with Crippen molar-refractivity contribution in [2.75, 3.05) is 14.1 Å². The predicted molar refractivity (Wildman–Crippen MR) is 83.2 cm³/mol. The molecule has 0 aliphatic carbocycles. The maximum absolute atomic E-state index is 13.4. The fourth-order valence-corrected chi connectivity index (χ4v) is 2.22. The Balaban J connectivity index is 2.53. The average molecular weight is 294 g/mol. The van der Waals surface area contributed by atoms with Crippen LogP contribution in [0.3, 0.4) is 0 Å². The molecule has 0 spiro atoms. The summed E-state index contributed by atoms with van der Waals surface area (Å²) in [6.07, 6.45) is 0.602. The number of nitrogens with zero attached hydrogens (tertiary/aromatic N) is 3. The fourth-order valence-electron chi connectivity index (χ4n) is 2.13. The molecular formula is C14H19FN4S. The van der Waals surface area contributed by atoms with Gasteiger partial charge in [-0.05, 0) is 33.2 Å². The third kappa shape index (κ3) is 2.96. The van der Waals surface area contributed by atoms with Gasteiger partial charge in [0, 0.05) is 19.0 Å². The highest BCUT2D eigenvalue weighted by Gasteiger charge is 2.18. The summed E-state index contributed by atoms with van der Waals surface area (Å²) in [6.45, 7) is 2.72. The summed E-state index contributed by atoms with van der Waals surface area (Å²) >= 11 is 4.95. The molecule has 6 heteroatoms. The van der Waals surface area contributed by atoms with Crippen LogP contribution in [-0.2, 0) is 6.54 Å². The molecule has 1 heterocycles. The van der Waals surface area contributed by atoms with E-state index < -0.39 is 0 Å². The summed E-state index contributed by atoms with van der Waals surface area (Å²) < 4.78 is 15.4. The Hall–Kier alpha value is -1.53. The number of rotatable bonds is 5. The van der Waals surface area contributed by atoms with Crippen molar-refractivity contribution in [1.29, 1.82) is 0 Å². The highest BCUT2D eigenvalue weighted by Crippen LogP contribution is 2.24. The standard InChI is InChI=1S/C14H19FN4S/c1-9(18(2)3)14-17-11-8-10(15)4-5-12(11)19(14)7-6-13(16)20/h4-5,8-9H,6-7H2,1-3H3,(H2,16,20). The molecular weight excluding hydrogens is 275 g/mol. The third-order valence-electron chi connectivity index (χ3n) is 3.47. The Kier molecular flexibility index (Phi) is 4.35. The summed E-state index contributed by atoms with van der Waals surface area (Å²) in [5.41, 5.74) is 7.16. The summed E-state index contributed by atoms with van der Waals surface area (Å²) in [6, 6.07) is 4.78. The molecule has 1 aromatic heterocycles. The number of halogens is 1. The SMILES string of the molecule is CC(c1nc2cc(F)ccc2n1CCC(N)=S)N(C)C. The van der Waals surface area contributed by atoms with Gasteiger partial charge in [0.15, 0.2) is 0 Å². The molecule has 1 atom stereocenters. The Morgan fingerprint density at radius 1 is 1.50 bits per heavy atom. The molecule has 1 unspecified atom stereocenters. The zero-order valence-electron chi connectivity index (χ0n) is 11.9. The van der Waals surface area contributed by atoms with Gasteiger partial charge in [0.05, 0.1) is 22.1 Å². The minimum absolute atomic E-state index is 0.122. The van der Waals surface area contributed by atoms with E-state index in [4.69, 9.17) is 18.0 Å². The molecule has 2 N–H and O–H groups in total. The van der Waals surface area contributed by atoms with Crippen molar-refractivity contribution in [2.24, 2.45) is 5.73 Å². The van der Waals surface area contributed by atoms with Gasteiger partial charge in [-0.2, -0.15) is 0 Å². The van der Waals surface area contributed by atoms with Crippen molar-refractivity contribution >= 4 is 28.2 Å². The van der Waals surface area contributed by atoms with Gasteiger partial charge in [0.2, 0.25) is 0 Å². The van der Waals surface area contributed by atoms with Crippen LogP contribution < -0.4 is 5.73 Å². The van der Waals surface area contributed by atoms with Gasteiger partial charge in [-0.25, -0.2) is 9.37 Å². The molecule has 0 saturated carbocycles. The smallest absolute Gasteiger partial charge is 0.127 e. The van der Waals surface area contributed by atoms with Crippen LogP contribution in [0.2, 0.25) is 0 Å². The largest absolute Gasteiger partial charge is 0.393 e. The Morgan fingerprint density at radius 3 is 2.80 bits per heavy atom. The average Bonchev–Trinajstić information content (AvgIpc) is 2.72. The van der Waals surface area contributed by atoms with Crippen molar-refractivity contribution in [3.05, 3.63) is 29.8 Å². The lowest BCUT2D eigenvalue weighted by Gasteiger charge is -2.20. The van der Waals surface area contributed by atoms with Crippen LogP contribution in [0.5, 0.6) is 0 Å². The van der Waals surface area contributed by atoms with Crippen LogP contribution in [-0.4, -0.2) is 33.5 Å². The van der Waals surface area contributed by atoms with Gasteiger partial charge < -0.3 is 10.3 Å². The highest BCUT2D eigenvalue weighted by molar-refractivity contribution is 7.80. The van der Waals surface area contributed by atoms with Crippen LogP contribution in [0, 0.1) is 5.82 Å². The van der Waals surface area contributed by atoms with Crippen molar-refractivity contribution in [1.82, 2.24) is 14.5 Å². The molecule has 0 fully saturated rings. The van der Waals surface area contributed by atoms with Gasteiger partial charge in [-0.3, -0.25) is 4.90 Å². The Labute approximate surface area is 123 Å². The van der Waals surface area contributed by atoms with Crippen LogP contribution in [0.1, 0.15) is 25.2 Å². The zero-order chi connectivity index (χ0) is 14.9. The van der Waals surface area contributed by atoms with Crippen molar-refractivity contribution in [3.63, 3.8) is 0 Å². The highest BCUT2D eigenvalue weighted by atomic mass is 32.1. The van der Waals surface area contributed by atoms with Crippen molar-refractivity contribution in [2.45, 2.75) is 25.9 Å². The van der Waals surface area contributed by atoms with E-state index in [1.54, 1.807) is 6.07 Å². The fraction of sp³-hybridized carbons (Fsp3) is 0.429. The van der Waals surface area contributed by atoms with E-state index in [9.17, 15) is 4.39 Å². The first-order chi connectivity index (χ1) is 9.40. The summed E-state index contributed by atoms with van der Waals surface area (Å²) in [7, 11) is 3.98. The van der Waals surface area contributed by atoms with Crippen LogP contribution in [0.4, 0.5) is 4.39 Å². The van der Waals surface area contributed by atoms with Crippen molar-refractivity contribution < 1.29 is 4.39 Å². The van der Waals surface area contributed by atoms with E-state index in [-0.39, 0.29) is 11.9 Å².